The average molecular weight is 266 g/mol. The summed E-state index contributed by atoms with van der Waals surface area (Å²) in [5.74, 6) is 0.630. The van der Waals surface area contributed by atoms with Crippen LogP contribution in [0.5, 0.6) is 5.75 Å². The van der Waals surface area contributed by atoms with Gasteiger partial charge in [0, 0.05) is 11.6 Å². The molecule has 1 aromatic carbocycles. The Morgan fingerprint density at radius 2 is 2.06 bits per heavy atom. The van der Waals surface area contributed by atoms with Gasteiger partial charge in [0.1, 0.15) is 5.75 Å². The van der Waals surface area contributed by atoms with Gasteiger partial charge in [0.05, 0.1) is 17.9 Å². The first-order chi connectivity index (χ1) is 8.56. The van der Waals surface area contributed by atoms with E-state index in [4.69, 9.17) is 9.88 Å². The molecule has 0 atom stereocenters. The van der Waals surface area contributed by atoms with Crippen molar-refractivity contribution < 1.29 is 13.2 Å². The van der Waals surface area contributed by atoms with Gasteiger partial charge in [-0.3, -0.25) is 4.98 Å². The molecule has 1 aromatic heterocycles. The van der Waals surface area contributed by atoms with E-state index >= 15 is 0 Å². The minimum atomic E-state index is -3.41. The van der Waals surface area contributed by atoms with Crippen LogP contribution in [0.15, 0.2) is 36.5 Å². The number of rotatable bonds is 5. The summed E-state index contributed by atoms with van der Waals surface area (Å²) in [7, 11) is -3.41. The van der Waals surface area contributed by atoms with Gasteiger partial charge >= 0.3 is 0 Å². The number of sulfonamides is 1. The molecule has 0 bridgehead atoms. The molecule has 0 aliphatic heterocycles. The van der Waals surface area contributed by atoms with Gasteiger partial charge in [0.2, 0.25) is 10.0 Å². The standard InChI is InChI=1S/C12H14N2O3S/c13-18(15,16)9-3-8-17-12-6-1-5-11-10(12)4-2-7-14-11/h1-2,4-7H,3,8-9H2,(H2,13,15,16). The van der Waals surface area contributed by atoms with E-state index in [2.05, 4.69) is 4.98 Å². The van der Waals surface area contributed by atoms with Crippen molar-refractivity contribution >= 4 is 20.9 Å². The Kier molecular flexibility index (Phi) is 3.78. The van der Waals surface area contributed by atoms with Gasteiger partial charge < -0.3 is 4.74 Å². The molecule has 6 heteroatoms. The van der Waals surface area contributed by atoms with E-state index in [-0.39, 0.29) is 5.75 Å². The Balaban J connectivity index is 2.04. The number of hydrogen-bond donors (Lipinski definition) is 1. The van der Waals surface area contributed by atoms with E-state index in [1.54, 1.807) is 6.20 Å². The molecule has 0 saturated carbocycles. The fourth-order valence-electron chi connectivity index (χ4n) is 1.64. The molecule has 0 radical (unpaired) electrons. The Hall–Kier alpha value is -1.66. The third-order valence-corrected chi connectivity index (χ3v) is 3.29. The smallest absolute Gasteiger partial charge is 0.209 e. The lowest BCUT2D eigenvalue weighted by atomic mass is 10.2. The van der Waals surface area contributed by atoms with Crippen molar-refractivity contribution in [2.24, 2.45) is 5.14 Å². The zero-order valence-electron chi connectivity index (χ0n) is 9.74. The Labute approximate surface area is 106 Å². The van der Waals surface area contributed by atoms with Crippen molar-refractivity contribution in [3.8, 4) is 5.75 Å². The summed E-state index contributed by atoms with van der Waals surface area (Å²) >= 11 is 0. The summed E-state index contributed by atoms with van der Waals surface area (Å²) in [6.07, 6.45) is 2.09. The molecule has 2 rings (SSSR count). The van der Waals surface area contributed by atoms with Gasteiger partial charge in [0.25, 0.3) is 0 Å². The minimum Gasteiger partial charge on any atom is -0.493 e. The number of aromatic nitrogens is 1. The van der Waals surface area contributed by atoms with Crippen LogP contribution >= 0.6 is 0 Å². The quantitative estimate of drug-likeness (QED) is 0.827. The number of pyridine rings is 1. The number of nitrogens with two attached hydrogens (primary N) is 1. The molecule has 0 aliphatic carbocycles. The van der Waals surface area contributed by atoms with Gasteiger partial charge in [-0.05, 0) is 30.7 Å². The summed E-state index contributed by atoms with van der Waals surface area (Å²) in [4.78, 5) is 4.21. The second-order valence-electron chi connectivity index (χ2n) is 3.90. The van der Waals surface area contributed by atoms with Gasteiger partial charge in [0.15, 0.2) is 0 Å². The van der Waals surface area contributed by atoms with Crippen molar-refractivity contribution in [3.63, 3.8) is 0 Å². The molecule has 0 aliphatic rings. The summed E-state index contributed by atoms with van der Waals surface area (Å²) in [6.45, 7) is 0.310. The number of fused-ring (bicyclic) bond motifs is 1. The molecule has 0 spiro atoms. The first-order valence-electron chi connectivity index (χ1n) is 5.53. The second-order valence-corrected chi connectivity index (χ2v) is 5.63. The summed E-state index contributed by atoms with van der Waals surface area (Å²) in [5, 5.41) is 5.82. The zero-order valence-corrected chi connectivity index (χ0v) is 10.6. The lowest BCUT2D eigenvalue weighted by Gasteiger charge is -2.08. The molecule has 18 heavy (non-hydrogen) atoms. The summed E-state index contributed by atoms with van der Waals surface area (Å²) in [5.41, 5.74) is 0.849. The van der Waals surface area contributed by atoms with E-state index in [0.717, 1.165) is 10.9 Å². The van der Waals surface area contributed by atoms with Crippen molar-refractivity contribution in [2.75, 3.05) is 12.4 Å². The molecule has 5 nitrogen and oxygen atoms in total. The van der Waals surface area contributed by atoms with Crippen LogP contribution in [0.4, 0.5) is 0 Å². The van der Waals surface area contributed by atoms with E-state index in [1.165, 1.54) is 0 Å². The molecule has 0 amide bonds. The molecule has 0 unspecified atom stereocenters. The van der Waals surface area contributed by atoms with E-state index in [0.29, 0.717) is 18.8 Å². The van der Waals surface area contributed by atoms with E-state index in [1.807, 2.05) is 30.3 Å². The molecular weight excluding hydrogens is 252 g/mol. The predicted octanol–water partition coefficient (Wildman–Crippen LogP) is 1.29. The van der Waals surface area contributed by atoms with Crippen molar-refractivity contribution in [3.05, 3.63) is 36.5 Å². The highest BCUT2D eigenvalue weighted by atomic mass is 32.2. The van der Waals surface area contributed by atoms with Gasteiger partial charge in [-0.15, -0.1) is 0 Å². The van der Waals surface area contributed by atoms with Crippen LogP contribution in [-0.2, 0) is 10.0 Å². The minimum absolute atomic E-state index is 0.0734. The molecule has 0 fully saturated rings. The predicted molar refractivity (Wildman–Crippen MR) is 69.8 cm³/mol. The summed E-state index contributed by atoms with van der Waals surface area (Å²) in [6, 6.07) is 9.33. The van der Waals surface area contributed by atoms with E-state index in [9.17, 15) is 8.42 Å². The van der Waals surface area contributed by atoms with Crippen LogP contribution in [0, 0.1) is 0 Å². The van der Waals surface area contributed by atoms with Crippen LogP contribution in [0.1, 0.15) is 6.42 Å². The Bertz CT molecular complexity index is 635. The zero-order chi connectivity index (χ0) is 13.0. The Morgan fingerprint density at radius 1 is 1.22 bits per heavy atom. The monoisotopic (exact) mass is 266 g/mol. The molecule has 0 saturated heterocycles. The van der Waals surface area contributed by atoms with Gasteiger partial charge in [-0.2, -0.15) is 0 Å². The molecule has 2 N–H and O–H groups in total. The number of primary sulfonamides is 1. The number of ether oxygens (including phenoxy) is 1. The second kappa shape index (κ2) is 5.32. The Morgan fingerprint density at radius 3 is 2.83 bits per heavy atom. The molecule has 2 aromatic rings. The number of hydrogen-bond acceptors (Lipinski definition) is 4. The van der Waals surface area contributed by atoms with E-state index < -0.39 is 10.0 Å². The third-order valence-electron chi connectivity index (χ3n) is 2.44. The lowest BCUT2D eigenvalue weighted by molar-refractivity contribution is 0.321. The number of benzene rings is 1. The lowest BCUT2D eigenvalue weighted by Crippen LogP contribution is -2.18. The van der Waals surface area contributed by atoms with Crippen molar-refractivity contribution in [1.82, 2.24) is 4.98 Å². The first-order valence-corrected chi connectivity index (χ1v) is 7.25. The maximum absolute atomic E-state index is 10.8. The molecule has 96 valence electrons. The first kappa shape index (κ1) is 12.8. The van der Waals surface area contributed by atoms with Crippen LogP contribution in [0.25, 0.3) is 10.9 Å². The SMILES string of the molecule is NS(=O)(=O)CCCOc1cccc2ncccc12. The highest BCUT2D eigenvalue weighted by Crippen LogP contribution is 2.23. The third kappa shape index (κ3) is 3.41. The van der Waals surface area contributed by atoms with Crippen molar-refractivity contribution in [1.29, 1.82) is 0 Å². The normalized spacial score (nSPS) is 11.6. The largest absolute Gasteiger partial charge is 0.493 e. The van der Waals surface area contributed by atoms with Gasteiger partial charge in [-0.1, -0.05) is 6.07 Å². The average Bonchev–Trinajstić information content (AvgIpc) is 2.33. The summed E-state index contributed by atoms with van der Waals surface area (Å²) < 4.78 is 27.1. The van der Waals surface area contributed by atoms with Crippen LogP contribution in [0.3, 0.4) is 0 Å². The van der Waals surface area contributed by atoms with Crippen LogP contribution in [0.2, 0.25) is 0 Å². The topological polar surface area (TPSA) is 82.3 Å². The number of nitrogens with zero attached hydrogens (tertiary/aromatic N) is 1. The highest BCUT2D eigenvalue weighted by molar-refractivity contribution is 7.89. The van der Waals surface area contributed by atoms with Gasteiger partial charge in [-0.25, -0.2) is 13.6 Å². The van der Waals surface area contributed by atoms with Crippen LogP contribution < -0.4 is 9.88 Å². The maximum Gasteiger partial charge on any atom is 0.209 e. The van der Waals surface area contributed by atoms with Crippen molar-refractivity contribution in [2.45, 2.75) is 6.42 Å². The fraction of sp³-hybridized carbons (Fsp3) is 0.250. The molecular formula is C12H14N2O3S. The molecule has 1 heterocycles. The fourth-order valence-corrected chi connectivity index (χ4v) is 2.16. The van der Waals surface area contributed by atoms with Crippen LogP contribution in [-0.4, -0.2) is 25.8 Å². The highest BCUT2D eigenvalue weighted by Gasteiger charge is 2.04. The maximum atomic E-state index is 10.8.